The lowest BCUT2D eigenvalue weighted by Gasteiger charge is -2.28. The number of nitrogens with one attached hydrogen (secondary N) is 2. The minimum atomic E-state index is -0.504. The standard InChI is InChI=1S/C14H24N4O3/c1-2-7-18-12(15)11(13(20)17-14(18)21)16-8-9-5-3-4-6-10(9)19/h9-10,16,19H,2-8,15H2,1H3,(H,17,20,21). The molecule has 1 saturated carbocycles. The second-order valence-electron chi connectivity index (χ2n) is 5.66. The highest BCUT2D eigenvalue weighted by Gasteiger charge is 2.23. The predicted molar refractivity (Wildman–Crippen MR) is 82.5 cm³/mol. The van der Waals surface area contributed by atoms with Crippen molar-refractivity contribution in [3.63, 3.8) is 0 Å². The van der Waals surface area contributed by atoms with Crippen LogP contribution < -0.4 is 22.3 Å². The first-order chi connectivity index (χ1) is 10.0. The highest BCUT2D eigenvalue weighted by molar-refractivity contribution is 5.60. The van der Waals surface area contributed by atoms with E-state index < -0.39 is 11.2 Å². The van der Waals surface area contributed by atoms with Gasteiger partial charge in [-0.05, 0) is 19.3 Å². The number of anilines is 2. The Hall–Kier alpha value is -1.76. The highest BCUT2D eigenvalue weighted by atomic mass is 16.3. The summed E-state index contributed by atoms with van der Waals surface area (Å²) >= 11 is 0. The van der Waals surface area contributed by atoms with Gasteiger partial charge in [0.15, 0.2) is 0 Å². The molecule has 7 nitrogen and oxygen atoms in total. The molecule has 21 heavy (non-hydrogen) atoms. The lowest BCUT2D eigenvalue weighted by atomic mass is 9.86. The number of aliphatic hydroxyl groups is 1. The first-order valence-electron chi connectivity index (χ1n) is 7.59. The summed E-state index contributed by atoms with van der Waals surface area (Å²) < 4.78 is 1.36. The van der Waals surface area contributed by atoms with Crippen LogP contribution in [0.1, 0.15) is 39.0 Å². The van der Waals surface area contributed by atoms with E-state index in [1.807, 2.05) is 6.92 Å². The molecular weight excluding hydrogens is 272 g/mol. The van der Waals surface area contributed by atoms with E-state index in [-0.39, 0.29) is 23.5 Å². The number of hydrogen-bond donors (Lipinski definition) is 4. The Morgan fingerprint density at radius 3 is 2.76 bits per heavy atom. The average molecular weight is 296 g/mol. The second-order valence-corrected chi connectivity index (χ2v) is 5.66. The van der Waals surface area contributed by atoms with Crippen LogP contribution in [0.3, 0.4) is 0 Å². The molecule has 0 aliphatic heterocycles. The first-order valence-corrected chi connectivity index (χ1v) is 7.59. The summed E-state index contributed by atoms with van der Waals surface area (Å²) in [5.74, 6) is 0.278. The molecule has 0 aromatic carbocycles. The minimum absolute atomic E-state index is 0.115. The van der Waals surface area contributed by atoms with Crippen LogP contribution in [0.4, 0.5) is 11.5 Å². The quantitative estimate of drug-likeness (QED) is 0.631. The van der Waals surface area contributed by atoms with Crippen molar-refractivity contribution in [2.24, 2.45) is 5.92 Å². The normalized spacial score (nSPS) is 22.2. The smallest absolute Gasteiger partial charge is 0.330 e. The number of nitrogen functional groups attached to an aromatic ring is 1. The molecule has 1 fully saturated rings. The molecule has 0 amide bonds. The van der Waals surface area contributed by atoms with Gasteiger partial charge in [0.25, 0.3) is 5.56 Å². The van der Waals surface area contributed by atoms with Crippen LogP contribution in [0.15, 0.2) is 9.59 Å². The number of H-pyrrole nitrogens is 1. The topological polar surface area (TPSA) is 113 Å². The van der Waals surface area contributed by atoms with Gasteiger partial charge < -0.3 is 16.2 Å². The van der Waals surface area contributed by atoms with Crippen LogP contribution in [-0.2, 0) is 6.54 Å². The fourth-order valence-corrected chi connectivity index (χ4v) is 2.86. The maximum atomic E-state index is 11.9. The van der Waals surface area contributed by atoms with E-state index in [4.69, 9.17) is 5.73 Å². The van der Waals surface area contributed by atoms with Crippen molar-refractivity contribution in [2.45, 2.75) is 51.7 Å². The largest absolute Gasteiger partial charge is 0.393 e. The second kappa shape index (κ2) is 6.80. The fraction of sp³-hybridized carbons (Fsp3) is 0.714. The van der Waals surface area contributed by atoms with E-state index in [2.05, 4.69) is 10.3 Å². The van der Waals surface area contributed by atoms with Crippen LogP contribution in [0.5, 0.6) is 0 Å². The van der Waals surface area contributed by atoms with Gasteiger partial charge in [0.05, 0.1) is 6.10 Å². The molecule has 7 heteroatoms. The molecule has 0 spiro atoms. The molecule has 1 aromatic rings. The molecule has 1 heterocycles. The van der Waals surface area contributed by atoms with Crippen LogP contribution in [0.2, 0.25) is 0 Å². The number of rotatable bonds is 5. The summed E-state index contributed by atoms with van der Waals surface area (Å²) in [5.41, 5.74) is 5.17. The molecule has 0 saturated heterocycles. The third-order valence-corrected chi connectivity index (χ3v) is 4.10. The fourth-order valence-electron chi connectivity index (χ4n) is 2.86. The van der Waals surface area contributed by atoms with Gasteiger partial charge in [-0.2, -0.15) is 0 Å². The van der Waals surface area contributed by atoms with Crippen molar-refractivity contribution in [3.8, 4) is 0 Å². The van der Waals surface area contributed by atoms with Crippen LogP contribution >= 0.6 is 0 Å². The summed E-state index contributed by atoms with van der Waals surface area (Å²) in [6.45, 7) is 2.88. The van der Waals surface area contributed by atoms with E-state index in [0.717, 1.165) is 32.1 Å². The van der Waals surface area contributed by atoms with Crippen LogP contribution in [-0.4, -0.2) is 27.3 Å². The molecule has 1 aliphatic carbocycles. The van der Waals surface area contributed by atoms with Crippen molar-refractivity contribution in [3.05, 3.63) is 20.8 Å². The maximum absolute atomic E-state index is 11.9. The maximum Gasteiger partial charge on any atom is 0.330 e. The average Bonchev–Trinajstić information content (AvgIpc) is 2.45. The number of nitrogens with two attached hydrogens (primary N) is 1. The number of aliphatic hydroxyl groups excluding tert-OH is 1. The van der Waals surface area contributed by atoms with E-state index in [0.29, 0.717) is 13.1 Å². The number of nitrogens with zero attached hydrogens (tertiary/aromatic N) is 1. The molecule has 0 radical (unpaired) electrons. The Bertz CT molecular complexity index is 593. The Labute approximate surface area is 123 Å². The summed E-state index contributed by atoms with van der Waals surface area (Å²) in [6.07, 6.45) is 4.27. The number of aromatic nitrogens is 2. The zero-order chi connectivity index (χ0) is 15.4. The molecule has 0 bridgehead atoms. The molecular formula is C14H24N4O3. The Morgan fingerprint density at radius 1 is 1.38 bits per heavy atom. The lowest BCUT2D eigenvalue weighted by molar-refractivity contribution is 0.0763. The number of aromatic amines is 1. The number of hydrogen-bond acceptors (Lipinski definition) is 5. The Morgan fingerprint density at radius 2 is 2.10 bits per heavy atom. The molecule has 5 N–H and O–H groups in total. The first kappa shape index (κ1) is 15.6. The summed E-state index contributed by atoms with van der Waals surface area (Å²) in [6, 6.07) is 0. The molecule has 2 atom stereocenters. The third kappa shape index (κ3) is 3.47. The van der Waals surface area contributed by atoms with Gasteiger partial charge in [0, 0.05) is 19.0 Å². The summed E-state index contributed by atoms with van der Waals surface area (Å²) in [7, 11) is 0. The predicted octanol–water partition coefficient (Wildman–Crippen LogP) is 0.492. The van der Waals surface area contributed by atoms with Gasteiger partial charge in [-0.1, -0.05) is 19.8 Å². The van der Waals surface area contributed by atoms with Crippen molar-refractivity contribution >= 4 is 11.5 Å². The van der Waals surface area contributed by atoms with Gasteiger partial charge >= 0.3 is 5.69 Å². The minimum Gasteiger partial charge on any atom is -0.393 e. The van der Waals surface area contributed by atoms with Gasteiger partial charge in [-0.3, -0.25) is 14.3 Å². The summed E-state index contributed by atoms with van der Waals surface area (Å²) in [4.78, 5) is 25.9. The van der Waals surface area contributed by atoms with Crippen LogP contribution in [0, 0.1) is 5.92 Å². The highest BCUT2D eigenvalue weighted by Crippen LogP contribution is 2.24. The van der Waals surface area contributed by atoms with Crippen LogP contribution in [0.25, 0.3) is 0 Å². The molecule has 1 aliphatic rings. The monoisotopic (exact) mass is 296 g/mol. The molecule has 118 valence electrons. The molecule has 2 unspecified atom stereocenters. The zero-order valence-electron chi connectivity index (χ0n) is 12.4. The molecule has 1 aromatic heterocycles. The zero-order valence-corrected chi connectivity index (χ0v) is 12.4. The van der Waals surface area contributed by atoms with Gasteiger partial charge in [0.2, 0.25) is 0 Å². The van der Waals surface area contributed by atoms with E-state index >= 15 is 0 Å². The lowest BCUT2D eigenvalue weighted by Crippen LogP contribution is -2.36. The van der Waals surface area contributed by atoms with Gasteiger partial charge in [0.1, 0.15) is 11.5 Å². The van der Waals surface area contributed by atoms with Crippen molar-refractivity contribution in [2.75, 3.05) is 17.6 Å². The van der Waals surface area contributed by atoms with E-state index in [1.165, 1.54) is 4.57 Å². The Kier molecular flexibility index (Phi) is 5.06. The van der Waals surface area contributed by atoms with Gasteiger partial charge in [-0.25, -0.2) is 4.79 Å². The third-order valence-electron chi connectivity index (χ3n) is 4.10. The summed E-state index contributed by atoms with van der Waals surface area (Å²) in [5, 5.41) is 13.0. The Balaban J connectivity index is 2.17. The molecule has 2 rings (SSSR count). The van der Waals surface area contributed by atoms with E-state index in [9.17, 15) is 14.7 Å². The van der Waals surface area contributed by atoms with Crippen molar-refractivity contribution in [1.82, 2.24) is 9.55 Å². The van der Waals surface area contributed by atoms with Gasteiger partial charge in [-0.15, -0.1) is 0 Å². The van der Waals surface area contributed by atoms with Crippen molar-refractivity contribution < 1.29 is 5.11 Å². The van der Waals surface area contributed by atoms with Crippen molar-refractivity contribution in [1.29, 1.82) is 0 Å². The SMILES string of the molecule is CCCn1c(N)c(NCC2CCCCC2O)c(=O)[nH]c1=O. The van der Waals surface area contributed by atoms with E-state index in [1.54, 1.807) is 0 Å².